The molecule has 3 nitrogen and oxygen atoms in total. The molecule has 9 heavy (non-hydrogen) atoms. The van der Waals surface area contributed by atoms with Crippen molar-refractivity contribution in [1.29, 1.82) is 0 Å². The Labute approximate surface area is 74.9 Å². The van der Waals surface area contributed by atoms with Gasteiger partial charge in [0.05, 0.1) is 0 Å². The minimum absolute atomic E-state index is 0. The van der Waals surface area contributed by atoms with Gasteiger partial charge in [-0.05, 0) is 12.1 Å². The summed E-state index contributed by atoms with van der Waals surface area (Å²) in [7, 11) is 0. The maximum absolute atomic E-state index is 9.63. The molecular weight excluding hydrogens is 129 g/mol. The van der Waals surface area contributed by atoms with Gasteiger partial charge >= 0.3 is 36.0 Å². The topological polar surface area (TPSA) is 31.2 Å². The van der Waals surface area contributed by atoms with Gasteiger partial charge in [-0.15, -0.1) is 0 Å². The molecule has 44 valence electrons. The molecule has 0 aromatic carbocycles. The molecule has 1 aromatic heterocycles. The molecule has 0 unspecified atom stereocenters. The Morgan fingerprint density at radius 1 is 1.33 bits per heavy atom. The van der Waals surface area contributed by atoms with Crippen LogP contribution in [0.3, 0.4) is 0 Å². The molecule has 1 aromatic rings. The van der Waals surface area contributed by atoms with E-state index in [2.05, 4.69) is 4.84 Å². The summed E-state index contributed by atoms with van der Waals surface area (Å²) in [5.74, 6) is 0. The number of rotatable bonds is 2. The van der Waals surface area contributed by atoms with Gasteiger partial charge in [0.25, 0.3) is 0 Å². The predicted octanol–water partition coefficient (Wildman–Crippen LogP) is -0.575. The van der Waals surface area contributed by atoms with Gasteiger partial charge in [-0.3, -0.25) is 4.79 Å². The average Bonchev–Trinajstić information content (AvgIpc) is 2.19. The fraction of sp³-hybridized carbons (Fsp3) is 0. The standard InChI is InChI=1S/C5H5NO2.Na.H/c7-5-8-6-3-1-2-4-6;;/h1-5H;;. The van der Waals surface area contributed by atoms with E-state index < -0.39 is 0 Å². The number of hydrogen-bond donors (Lipinski definition) is 0. The Bertz CT molecular complexity index is 161. The maximum atomic E-state index is 9.63. The van der Waals surface area contributed by atoms with Crippen LogP contribution in [-0.2, 0) is 4.79 Å². The molecule has 4 heteroatoms. The first kappa shape index (κ1) is 8.75. The quantitative estimate of drug-likeness (QED) is 0.401. The number of aromatic nitrogens is 1. The second-order valence-corrected chi connectivity index (χ2v) is 1.24. The van der Waals surface area contributed by atoms with Crippen molar-refractivity contribution < 1.29 is 9.63 Å². The van der Waals surface area contributed by atoms with Crippen LogP contribution in [0.25, 0.3) is 0 Å². The first-order chi connectivity index (χ1) is 3.93. The molecule has 0 atom stereocenters. The van der Waals surface area contributed by atoms with Gasteiger partial charge < -0.3 is 4.84 Å². The molecule has 0 saturated carbocycles. The molecule has 0 aliphatic rings. The van der Waals surface area contributed by atoms with Crippen molar-refractivity contribution in [2.75, 3.05) is 0 Å². The van der Waals surface area contributed by atoms with Crippen molar-refractivity contribution in [3.63, 3.8) is 0 Å². The summed E-state index contributed by atoms with van der Waals surface area (Å²) in [5.41, 5.74) is 0. The molecule has 0 amide bonds. The van der Waals surface area contributed by atoms with Crippen LogP contribution in [-0.4, -0.2) is 40.8 Å². The Morgan fingerprint density at radius 2 is 1.89 bits per heavy atom. The Balaban J connectivity index is 0.000000640. The third-order valence-corrected chi connectivity index (χ3v) is 0.742. The molecule has 0 N–H and O–H groups in total. The number of nitrogens with zero attached hydrogens (tertiary/aromatic N) is 1. The van der Waals surface area contributed by atoms with Crippen LogP contribution >= 0.6 is 0 Å². The predicted molar refractivity (Wildman–Crippen MR) is 34.2 cm³/mol. The summed E-state index contributed by atoms with van der Waals surface area (Å²) in [5, 5.41) is 0. The first-order valence-corrected chi connectivity index (χ1v) is 2.17. The number of carbonyl (C=O) groups is 1. The second-order valence-electron chi connectivity index (χ2n) is 1.24. The third-order valence-electron chi connectivity index (χ3n) is 0.742. The molecule has 0 aliphatic carbocycles. The van der Waals surface area contributed by atoms with E-state index in [-0.39, 0.29) is 29.6 Å². The third kappa shape index (κ3) is 2.70. The monoisotopic (exact) mass is 135 g/mol. The normalized spacial score (nSPS) is 7.56. The average molecular weight is 135 g/mol. The SMILES string of the molecule is O=COn1cccc1.[NaH]. The van der Waals surface area contributed by atoms with Gasteiger partial charge in [0.1, 0.15) is 0 Å². The van der Waals surface area contributed by atoms with E-state index in [9.17, 15) is 4.79 Å². The zero-order chi connectivity index (χ0) is 5.82. The Hall–Kier alpha value is -0.250. The van der Waals surface area contributed by atoms with Gasteiger partial charge in [0.15, 0.2) is 0 Å². The fourth-order valence-electron chi connectivity index (χ4n) is 0.439. The van der Waals surface area contributed by atoms with Crippen molar-refractivity contribution in [3.8, 4) is 0 Å². The first-order valence-electron chi connectivity index (χ1n) is 2.17. The molecule has 1 heterocycles. The second kappa shape index (κ2) is 4.61. The van der Waals surface area contributed by atoms with Crippen LogP contribution in [0.15, 0.2) is 24.5 Å². The van der Waals surface area contributed by atoms with Crippen LogP contribution in [0, 0.1) is 0 Å². The van der Waals surface area contributed by atoms with Crippen molar-refractivity contribution in [3.05, 3.63) is 24.5 Å². The fourth-order valence-corrected chi connectivity index (χ4v) is 0.439. The summed E-state index contributed by atoms with van der Waals surface area (Å²) >= 11 is 0. The molecule has 0 saturated heterocycles. The molecule has 0 bridgehead atoms. The van der Waals surface area contributed by atoms with Gasteiger partial charge in [0.2, 0.25) is 0 Å². The van der Waals surface area contributed by atoms with E-state index in [1.54, 1.807) is 24.5 Å². The summed E-state index contributed by atoms with van der Waals surface area (Å²) in [6.45, 7) is 0.375. The molecule has 1 rings (SSSR count). The number of hydrogen-bond acceptors (Lipinski definition) is 2. The zero-order valence-corrected chi connectivity index (χ0v) is 4.15. The van der Waals surface area contributed by atoms with Crippen molar-refractivity contribution in [2.45, 2.75) is 0 Å². The van der Waals surface area contributed by atoms with Crippen LogP contribution < -0.4 is 4.84 Å². The Morgan fingerprint density at radius 3 is 2.33 bits per heavy atom. The van der Waals surface area contributed by atoms with Gasteiger partial charge in [-0.25, -0.2) is 0 Å². The van der Waals surface area contributed by atoms with Crippen molar-refractivity contribution >= 4 is 36.0 Å². The molecule has 0 aliphatic heterocycles. The summed E-state index contributed by atoms with van der Waals surface area (Å²) in [4.78, 5) is 14.0. The van der Waals surface area contributed by atoms with Gasteiger partial charge in [0, 0.05) is 12.4 Å². The van der Waals surface area contributed by atoms with E-state index in [0.717, 1.165) is 0 Å². The van der Waals surface area contributed by atoms with Crippen LogP contribution in [0.5, 0.6) is 0 Å². The molecule has 0 radical (unpaired) electrons. The summed E-state index contributed by atoms with van der Waals surface area (Å²) in [6.07, 6.45) is 3.27. The Kier molecular flexibility index (Phi) is 4.48. The van der Waals surface area contributed by atoms with E-state index in [1.807, 2.05) is 0 Å². The van der Waals surface area contributed by atoms with Gasteiger partial charge in [-0.2, -0.15) is 4.73 Å². The van der Waals surface area contributed by atoms with E-state index in [0.29, 0.717) is 6.47 Å². The zero-order valence-electron chi connectivity index (χ0n) is 4.15. The summed E-state index contributed by atoms with van der Waals surface area (Å²) in [6, 6.07) is 3.53. The molecule has 0 fully saturated rings. The molecule has 0 spiro atoms. The minimum atomic E-state index is 0. The van der Waals surface area contributed by atoms with E-state index in [4.69, 9.17) is 0 Å². The van der Waals surface area contributed by atoms with Crippen molar-refractivity contribution in [2.24, 2.45) is 0 Å². The van der Waals surface area contributed by atoms with Crippen LogP contribution in [0.4, 0.5) is 0 Å². The number of carbonyl (C=O) groups excluding carboxylic acids is 1. The van der Waals surface area contributed by atoms with E-state index >= 15 is 0 Å². The summed E-state index contributed by atoms with van der Waals surface area (Å²) < 4.78 is 1.31. The van der Waals surface area contributed by atoms with Crippen LogP contribution in [0.1, 0.15) is 0 Å². The van der Waals surface area contributed by atoms with Crippen LogP contribution in [0.2, 0.25) is 0 Å². The van der Waals surface area contributed by atoms with E-state index in [1.165, 1.54) is 4.73 Å². The molecular formula is C5H6NNaO2. The van der Waals surface area contributed by atoms with Crippen molar-refractivity contribution in [1.82, 2.24) is 4.73 Å². The van der Waals surface area contributed by atoms with Gasteiger partial charge in [-0.1, -0.05) is 0 Å².